The summed E-state index contributed by atoms with van der Waals surface area (Å²) < 4.78 is 0. The highest BCUT2D eigenvalue weighted by Crippen LogP contribution is 2.44. The molecular formula is C17H26N2S. The molecule has 1 aromatic carbocycles. The molecule has 1 aliphatic carbocycles. The van der Waals surface area contributed by atoms with E-state index in [0.29, 0.717) is 6.04 Å². The molecular weight excluding hydrogens is 264 g/mol. The van der Waals surface area contributed by atoms with Gasteiger partial charge in [-0.15, -0.1) is 0 Å². The molecule has 1 saturated heterocycles. The van der Waals surface area contributed by atoms with Gasteiger partial charge in [0.15, 0.2) is 0 Å². The van der Waals surface area contributed by atoms with Gasteiger partial charge in [0.05, 0.1) is 0 Å². The fraction of sp³-hybridized carbons (Fsp3) is 0.647. The van der Waals surface area contributed by atoms with Crippen LogP contribution >= 0.6 is 11.8 Å². The number of nitrogens with zero attached hydrogens (tertiary/aromatic N) is 1. The summed E-state index contributed by atoms with van der Waals surface area (Å²) in [7, 11) is 0. The Morgan fingerprint density at radius 1 is 1.35 bits per heavy atom. The molecule has 1 aliphatic heterocycles. The Kier molecular flexibility index (Phi) is 4.69. The number of rotatable bonds is 5. The number of hydrogen-bond acceptors (Lipinski definition) is 3. The van der Waals surface area contributed by atoms with E-state index in [-0.39, 0.29) is 0 Å². The average Bonchev–Trinajstić information content (AvgIpc) is 3.33. The van der Waals surface area contributed by atoms with Crippen molar-refractivity contribution in [1.82, 2.24) is 4.90 Å². The zero-order valence-corrected chi connectivity index (χ0v) is 13.2. The summed E-state index contributed by atoms with van der Waals surface area (Å²) in [5.74, 6) is 2.06. The summed E-state index contributed by atoms with van der Waals surface area (Å²) >= 11 is 2.13. The third kappa shape index (κ3) is 3.05. The minimum absolute atomic E-state index is 0.418. The van der Waals surface area contributed by atoms with Crippen LogP contribution in [0.2, 0.25) is 0 Å². The standard InChI is InChI=1S/C17H26N2S/c1-2-14-12-19(9-10-20-14)17(11-18)16-6-4-3-5-15(16)13-7-8-13/h3-6,13-14,17H,2,7-12,18H2,1H3. The van der Waals surface area contributed by atoms with Crippen molar-refractivity contribution in [2.24, 2.45) is 5.73 Å². The lowest BCUT2D eigenvalue weighted by atomic mass is 9.95. The van der Waals surface area contributed by atoms with Gasteiger partial charge in [-0.2, -0.15) is 11.8 Å². The van der Waals surface area contributed by atoms with E-state index in [1.807, 2.05) is 0 Å². The Labute approximate surface area is 127 Å². The summed E-state index contributed by atoms with van der Waals surface area (Å²) in [5, 5.41) is 0.783. The minimum atomic E-state index is 0.418. The Balaban J connectivity index is 1.82. The van der Waals surface area contributed by atoms with E-state index < -0.39 is 0 Å². The molecule has 0 bridgehead atoms. The van der Waals surface area contributed by atoms with Gasteiger partial charge in [-0.1, -0.05) is 31.2 Å². The molecule has 0 amide bonds. The summed E-state index contributed by atoms with van der Waals surface area (Å²) in [6, 6.07) is 9.42. The first-order valence-electron chi connectivity index (χ1n) is 7.98. The molecule has 1 heterocycles. The van der Waals surface area contributed by atoms with E-state index in [9.17, 15) is 0 Å². The van der Waals surface area contributed by atoms with Crippen LogP contribution in [0.1, 0.15) is 49.3 Å². The predicted octanol–water partition coefficient (Wildman–Crippen LogP) is 3.39. The summed E-state index contributed by atoms with van der Waals surface area (Å²) in [6.07, 6.45) is 3.99. The topological polar surface area (TPSA) is 29.3 Å². The minimum Gasteiger partial charge on any atom is -0.329 e. The predicted molar refractivity (Wildman–Crippen MR) is 88.3 cm³/mol. The monoisotopic (exact) mass is 290 g/mol. The largest absolute Gasteiger partial charge is 0.329 e. The highest BCUT2D eigenvalue weighted by molar-refractivity contribution is 8.00. The summed E-state index contributed by atoms with van der Waals surface area (Å²) in [6.45, 7) is 5.42. The molecule has 3 heteroatoms. The van der Waals surface area contributed by atoms with Crippen molar-refractivity contribution in [3.8, 4) is 0 Å². The van der Waals surface area contributed by atoms with Gasteiger partial charge in [0.1, 0.15) is 0 Å². The number of hydrogen-bond donors (Lipinski definition) is 1. The van der Waals surface area contributed by atoms with Crippen LogP contribution in [-0.2, 0) is 0 Å². The first-order chi connectivity index (χ1) is 9.83. The second-order valence-electron chi connectivity index (χ2n) is 6.05. The highest BCUT2D eigenvalue weighted by atomic mass is 32.2. The molecule has 0 spiro atoms. The van der Waals surface area contributed by atoms with Crippen LogP contribution in [0.4, 0.5) is 0 Å². The van der Waals surface area contributed by atoms with Crippen molar-refractivity contribution in [2.75, 3.05) is 25.4 Å². The zero-order chi connectivity index (χ0) is 13.9. The summed E-state index contributed by atoms with van der Waals surface area (Å²) in [5.41, 5.74) is 9.23. The van der Waals surface area contributed by atoms with Gasteiger partial charge in [-0.25, -0.2) is 0 Å². The first-order valence-corrected chi connectivity index (χ1v) is 9.03. The fourth-order valence-electron chi connectivity index (χ4n) is 3.33. The molecule has 20 heavy (non-hydrogen) atoms. The average molecular weight is 290 g/mol. The number of nitrogens with two attached hydrogens (primary N) is 1. The van der Waals surface area contributed by atoms with Crippen LogP contribution in [0.5, 0.6) is 0 Å². The Bertz CT molecular complexity index is 444. The van der Waals surface area contributed by atoms with E-state index in [2.05, 4.69) is 47.9 Å². The lowest BCUT2D eigenvalue weighted by molar-refractivity contribution is 0.207. The second-order valence-corrected chi connectivity index (χ2v) is 7.46. The molecule has 1 saturated carbocycles. The van der Waals surface area contributed by atoms with Gasteiger partial charge in [-0.3, -0.25) is 4.90 Å². The van der Waals surface area contributed by atoms with E-state index in [4.69, 9.17) is 5.73 Å². The SMILES string of the molecule is CCC1CN(C(CN)c2ccccc2C2CC2)CCS1. The van der Waals surface area contributed by atoms with Gasteiger partial charge in [0.2, 0.25) is 0 Å². The van der Waals surface area contributed by atoms with Crippen molar-refractivity contribution in [1.29, 1.82) is 0 Å². The van der Waals surface area contributed by atoms with Crippen molar-refractivity contribution in [2.45, 2.75) is 43.4 Å². The molecule has 2 aliphatic rings. The Morgan fingerprint density at radius 3 is 2.85 bits per heavy atom. The lowest BCUT2D eigenvalue weighted by Gasteiger charge is -2.38. The van der Waals surface area contributed by atoms with Crippen molar-refractivity contribution in [3.63, 3.8) is 0 Å². The van der Waals surface area contributed by atoms with Gasteiger partial charge in [-0.05, 0) is 36.3 Å². The van der Waals surface area contributed by atoms with E-state index in [1.54, 1.807) is 5.56 Å². The maximum absolute atomic E-state index is 6.16. The normalized spacial score (nSPS) is 25.6. The van der Waals surface area contributed by atoms with Crippen molar-refractivity contribution < 1.29 is 0 Å². The van der Waals surface area contributed by atoms with E-state index in [0.717, 1.165) is 17.7 Å². The molecule has 2 N–H and O–H groups in total. The molecule has 3 rings (SSSR count). The summed E-state index contributed by atoms with van der Waals surface area (Å²) in [4.78, 5) is 2.63. The van der Waals surface area contributed by atoms with E-state index >= 15 is 0 Å². The lowest BCUT2D eigenvalue weighted by Crippen LogP contribution is -2.43. The fourth-order valence-corrected chi connectivity index (χ4v) is 4.53. The van der Waals surface area contributed by atoms with Crippen molar-refractivity contribution >= 4 is 11.8 Å². The molecule has 0 radical (unpaired) electrons. The van der Waals surface area contributed by atoms with E-state index in [1.165, 1.54) is 43.7 Å². The third-order valence-electron chi connectivity index (χ3n) is 4.66. The number of benzene rings is 1. The molecule has 1 aromatic rings. The Hall–Kier alpha value is -0.510. The van der Waals surface area contributed by atoms with Crippen LogP contribution in [0.3, 0.4) is 0 Å². The van der Waals surface area contributed by atoms with Gasteiger partial charge >= 0.3 is 0 Å². The molecule has 2 nitrogen and oxygen atoms in total. The quantitative estimate of drug-likeness (QED) is 0.901. The molecule has 110 valence electrons. The van der Waals surface area contributed by atoms with Crippen LogP contribution in [0.15, 0.2) is 24.3 Å². The molecule has 2 fully saturated rings. The van der Waals surface area contributed by atoms with Gasteiger partial charge < -0.3 is 5.73 Å². The zero-order valence-electron chi connectivity index (χ0n) is 12.4. The maximum Gasteiger partial charge on any atom is 0.0474 e. The smallest absolute Gasteiger partial charge is 0.0474 e. The third-order valence-corrected chi connectivity index (χ3v) is 6.03. The van der Waals surface area contributed by atoms with Crippen LogP contribution in [0.25, 0.3) is 0 Å². The van der Waals surface area contributed by atoms with Crippen LogP contribution in [-0.4, -0.2) is 35.5 Å². The molecule has 2 atom stereocenters. The maximum atomic E-state index is 6.16. The van der Waals surface area contributed by atoms with Crippen LogP contribution < -0.4 is 5.73 Å². The highest BCUT2D eigenvalue weighted by Gasteiger charge is 2.31. The van der Waals surface area contributed by atoms with Crippen molar-refractivity contribution in [3.05, 3.63) is 35.4 Å². The van der Waals surface area contributed by atoms with Crippen LogP contribution in [0, 0.1) is 0 Å². The Morgan fingerprint density at radius 2 is 2.15 bits per heavy atom. The van der Waals surface area contributed by atoms with Gasteiger partial charge in [0.25, 0.3) is 0 Å². The molecule has 2 unspecified atom stereocenters. The van der Waals surface area contributed by atoms with Gasteiger partial charge in [0, 0.05) is 36.7 Å². The molecule has 0 aromatic heterocycles. The first kappa shape index (κ1) is 14.4. The number of thioether (sulfide) groups is 1. The second kappa shape index (κ2) is 6.50.